The van der Waals surface area contributed by atoms with E-state index in [1.807, 2.05) is 31.2 Å². The number of nitrogens with one attached hydrogen (secondary N) is 1. The predicted molar refractivity (Wildman–Crippen MR) is 74.3 cm³/mol. The summed E-state index contributed by atoms with van der Waals surface area (Å²) < 4.78 is 0.985. The molecular formula is C14H13BrN2O. The molecular weight excluding hydrogens is 292 g/mol. The molecule has 18 heavy (non-hydrogen) atoms. The van der Waals surface area contributed by atoms with Crippen LogP contribution in [0.3, 0.4) is 0 Å². The monoisotopic (exact) mass is 304 g/mol. The van der Waals surface area contributed by atoms with E-state index in [4.69, 9.17) is 0 Å². The standard InChI is InChI=1S/C14H13BrN2O/c1-10(11-6-2-3-7-12(11)15)17-14(18)13-8-4-5-9-16-13/h2-10H,1H3,(H,17,18)/t10-/m0/s1. The van der Waals surface area contributed by atoms with Gasteiger partial charge in [0.05, 0.1) is 6.04 Å². The summed E-state index contributed by atoms with van der Waals surface area (Å²) >= 11 is 3.48. The van der Waals surface area contributed by atoms with Gasteiger partial charge in [-0.25, -0.2) is 0 Å². The second kappa shape index (κ2) is 5.78. The van der Waals surface area contributed by atoms with Crippen LogP contribution in [0.1, 0.15) is 29.0 Å². The fraction of sp³-hybridized carbons (Fsp3) is 0.143. The lowest BCUT2D eigenvalue weighted by Crippen LogP contribution is -2.27. The van der Waals surface area contributed by atoms with Gasteiger partial charge in [0.1, 0.15) is 5.69 Å². The summed E-state index contributed by atoms with van der Waals surface area (Å²) in [6, 6.07) is 13.0. The highest BCUT2D eigenvalue weighted by molar-refractivity contribution is 9.10. The molecule has 0 saturated heterocycles. The van der Waals surface area contributed by atoms with Crippen LogP contribution in [-0.4, -0.2) is 10.9 Å². The molecule has 1 aromatic carbocycles. The highest BCUT2D eigenvalue weighted by Crippen LogP contribution is 2.22. The molecule has 1 heterocycles. The number of carbonyl (C=O) groups is 1. The summed E-state index contributed by atoms with van der Waals surface area (Å²) in [4.78, 5) is 16.0. The molecule has 0 radical (unpaired) electrons. The molecule has 0 aliphatic rings. The second-order valence-electron chi connectivity index (χ2n) is 3.93. The second-order valence-corrected chi connectivity index (χ2v) is 4.79. The zero-order chi connectivity index (χ0) is 13.0. The molecule has 0 aliphatic heterocycles. The Kier molecular flexibility index (Phi) is 4.10. The Morgan fingerprint density at radius 1 is 1.22 bits per heavy atom. The highest BCUT2D eigenvalue weighted by Gasteiger charge is 2.13. The third-order valence-electron chi connectivity index (χ3n) is 2.62. The number of nitrogens with zero attached hydrogens (tertiary/aromatic N) is 1. The van der Waals surface area contributed by atoms with Gasteiger partial charge in [-0.2, -0.15) is 0 Å². The molecule has 2 aromatic rings. The first-order valence-electron chi connectivity index (χ1n) is 5.65. The van der Waals surface area contributed by atoms with E-state index in [9.17, 15) is 4.79 Å². The van der Waals surface area contributed by atoms with E-state index in [1.54, 1.807) is 24.4 Å². The summed E-state index contributed by atoms with van der Waals surface area (Å²) in [6.07, 6.45) is 1.61. The maximum atomic E-state index is 12.0. The van der Waals surface area contributed by atoms with Gasteiger partial charge in [0.25, 0.3) is 5.91 Å². The Morgan fingerprint density at radius 2 is 1.94 bits per heavy atom. The van der Waals surface area contributed by atoms with Crippen molar-refractivity contribution in [3.05, 3.63) is 64.4 Å². The smallest absolute Gasteiger partial charge is 0.270 e. The summed E-state index contributed by atoms with van der Waals surface area (Å²) in [7, 11) is 0. The third kappa shape index (κ3) is 2.96. The molecule has 0 aliphatic carbocycles. The number of rotatable bonds is 3. The molecule has 3 nitrogen and oxygen atoms in total. The van der Waals surface area contributed by atoms with E-state index in [0.717, 1.165) is 10.0 Å². The number of benzene rings is 1. The molecule has 1 aromatic heterocycles. The SMILES string of the molecule is C[C@H](NC(=O)c1ccccn1)c1ccccc1Br. The predicted octanol–water partition coefficient (Wildman–Crippen LogP) is 3.34. The van der Waals surface area contributed by atoms with E-state index in [2.05, 4.69) is 26.2 Å². The van der Waals surface area contributed by atoms with Crippen molar-refractivity contribution in [2.24, 2.45) is 0 Å². The molecule has 92 valence electrons. The van der Waals surface area contributed by atoms with Crippen LogP contribution >= 0.6 is 15.9 Å². The van der Waals surface area contributed by atoms with Gasteiger partial charge >= 0.3 is 0 Å². The van der Waals surface area contributed by atoms with Gasteiger partial charge in [-0.15, -0.1) is 0 Å². The average molecular weight is 305 g/mol. The molecule has 0 fully saturated rings. The largest absolute Gasteiger partial charge is 0.344 e. The minimum absolute atomic E-state index is 0.0740. The van der Waals surface area contributed by atoms with E-state index < -0.39 is 0 Å². The number of aromatic nitrogens is 1. The van der Waals surface area contributed by atoms with Crippen LogP contribution in [0.15, 0.2) is 53.1 Å². The van der Waals surface area contributed by atoms with E-state index in [0.29, 0.717) is 5.69 Å². The van der Waals surface area contributed by atoms with Crippen molar-refractivity contribution in [2.45, 2.75) is 13.0 Å². The molecule has 0 unspecified atom stereocenters. The van der Waals surface area contributed by atoms with Crippen LogP contribution in [0.5, 0.6) is 0 Å². The Balaban J connectivity index is 2.11. The fourth-order valence-corrected chi connectivity index (χ4v) is 2.30. The number of hydrogen-bond acceptors (Lipinski definition) is 2. The van der Waals surface area contributed by atoms with E-state index >= 15 is 0 Å². The highest BCUT2D eigenvalue weighted by atomic mass is 79.9. The zero-order valence-electron chi connectivity index (χ0n) is 9.93. The molecule has 1 amide bonds. The van der Waals surface area contributed by atoms with Gasteiger partial charge in [0.2, 0.25) is 0 Å². The van der Waals surface area contributed by atoms with Crippen LogP contribution in [0.25, 0.3) is 0 Å². The lowest BCUT2D eigenvalue weighted by atomic mass is 10.1. The van der Waals surface area contributed by atoms with Crippen LogP contribution in [-0.2, 0) is 0 Å². The summed E-state index contributed by atoms with van der Waals surface area (Å²) in [5, 5.41) is 2.92. The van der Waals surface area contributed by atoms with Crippen molar-refractivity contribution in [3.63, 3.8) is 0 Å². The average Bonchev–Trinajstić information content (AvgIpc) is 2.40. The molecule has 0 bridgehead atoms. The zero-order valence-corrected chi connectivity index (χ0v) is 11.5. The maximum absolute atomic E-state index is 12.0. The minimum Gasteiger partial charge on any atom is -0.344 e. The third-order valence-corrected chi connectivity index (χ3v) is 3.34. The summed E-state index contributed by atoms with van der Waals surface area (Å²) in [5.74, 6) is -0.168. The van der Waals surface area contributed by atoms with Crippen molar-refractivity contribution >= 4 is 21.8 Å². The molecule has 4 heteroatoms. The number of pyridine rings is 1. The van der Waals surface area contributed by atoms with Crippen LogP contribution < -0.4 is 5.32 Å². The van der Waals surface area contributed by atoms with Crippen LogP contribution in [0.2, 0.25) is 0 Å². The normalized spacial score (nSPS) is 11.9. The van der Waals surface area contributed by atoms with Gasteiger partial charge in [-0.1, -0.05) is 40.2 Å². The molecule has 1 atom stereocenters. The van der Waals surface area contributed by atoms with Crippen molar-refractivity contribution < 1.29 is 4.79 Å². The Hall–Kier alpha value is -1.68. The molecule has 2 rings (SSSR count). The number of carbonyl (C=O) groups excluding carboxylic acids is 1. The van der Waals surface area contributed by atoms with Crippen LogP contribution in [0.4, 0.5) is 0 Å². The van der Waals surface area contributed by atoms with Gasteiger partial charge in [-0.3, -0.25) is 9.78 Å². The van der Waals surface area contributed by atoms with Gasteiger partial charge in [-0.05, 0) is 30.7 Å². The lowest BCUT2D eigenvalue weighted by Gasteiger charge is -2.15. The number of amides is 1. The van der Waals surface area contributed by atoms with E-state index in [-0.39, 0.29) is 11.9 Å². The van der Waals surface area contributed by atoms with Gasteiger partial charge < -0.3 is 5.32 Å². The van der Waals surface area contributed by atoms with Crippen molar-refractivity contribution in [3.8, 4) is 0 Å². The molecule has 0 saturated carbocycles. The fourth-order valence-electron chi connectivity index (χ4n) is 1.67. The quantitative estimate of drug-likeness (QED) is 0.945. The number of hydrogen-bond donors (Lipinski definition) is 1. The summed E-state index contributed by atoms with van der Waals surface area (Å²) in [5.41, 5.74) is 1.47. The van der Waals surface area contributed by atoms with Crippen molar-refractivity contribution in [2.75, 3.05) is 0 Å². The minimum atomic E-state index is -0.168. The van der Waals surface area contributed by atoms with Gasteiger partial charge in [0.15, 0.2) is 0 Å². The Bertz CT molecular complexity index is 543. The maximum Gasteiger partial charge on any atom is 0.270 e. The van der Waals surface area contributed by atoms with E-state index in [1.165, 1.54) is 0 Å². The first-order chi connectivity index (χ1) is 8.68. The first kappa shape index (κ1) is 12.8. The Labute approximate surface area is 114 Å². The lowest BCUT2D eigenvalue weighted by molar-refractivity contribution is 0.0935. The molecule has 0 spiro atoms. The van der Waals surface area contributed by atoms with Crippen molar-refractivity contribution in [1.82, 2.24) is 10.3 Å². The first-order valence-corrected chi connectivity index (χ1v) is 6.44. The van der Waals surface area contributed by atoms with Crippen molar-refractivity contribution in [1.29, 1.82) is 0 Å². The van der Waals surface area contributed by atoms with Gasteiger partial charge in [0, 0.05) is 10.7 Å². The topological polar surface area (TPSA) is 42.0 Å². The molecule has 1 N–H and O–H groups in total. The number of halogens is 1. The van der Waals surface area contributed by atoms with Crippen LogP contribution in [0, 0.1) is 0 Å². The summed E-state index contributed by atoms with van der Waals surface area (Å²) in [6.45, 7) is 1.95. The Morgan fingerprint density at radius 3 is 2.61 bits per heavy atom.